The fraction of sp³-hybridized carbons (Fsp3) is 0. The van der Waals surface area contributed by atoms with Gasteiger partial charge in [-0.1, -0.05) is 24.3 Å². The Hall–Kier alpha value is -3.41. The van der Waals surface area contributed by atoms with Gasteiger partial charge in [-0.2, -0.15) is 0 Å². The minimum atomic E-state index is -0.573. The Morgan fingerprint density at radius 3 is 2.58 bits per heavy atom. The number of hydrogen-bond acceptors (Lipinski definition) is 3. The fourth-order valence-corrected chi connectivity index (χ4v) is 2.64. The number of halogens is 1. The summed E-state index contributed by atoms with van der Waals surface area (Å²) in [5.74, 6) is -0.646. The first-order chi connectivity index (χ1) is 11.7. The van der Waals surface area contributed by atoms with Crippen molar-refractivity contribution in [1.82, 2.24) is 14.8 Å². The molecule has 2 N–H and O–H groups in total. The Bertz CT molecular complexity index is 1060. The molecule has 5 nitrogen and oxygen atoms in total. The van der Waals surface area contributed by atoms with Crippen molar-refractivity contribution in [3.05, 3.63) is 78.2 Å². The number of nitrogens with zero attached hydrogens (tertiary/aromatic N) is 2. The summed E-state index contributed by atoms with van der Waals surface area (Å²) in [4.78, 5) is 16.7. The number of aromatic nitrogens is 2. The van der Waals surface area contributed by atoms with Gasteiger partial charge in [0.25, 0.3) is 5.91 Å². The normalized spacial score (nSPS) is 10.9. The van der Waals surface area contributed by atoms with E-state index in [9.17, 15) is 9.18 Å². The molecule has 2 aromatic heterocycles. The van der Waals surface area contributed by atoms with Gasteiger partial charge in [-0.3, -0.25) is 15.6 Å². The lowest BCUT2D eigenvalue weighted by molar-refractivity contribution is 0.0958. The van der Waals surface area contributed by atoms with Crippen molar-refractivity contribution in [2.75, 3.05) is 5.43 Å². The molecule has 0 atom stereocenters. The van der Waals surface area contributed by atoms with Gasteiger partial charge in [0.15, 0.2) is 5.82 Å². The molecule has 2 heterocycles. The highest BCUT2D eigenvalue weighted by Crippen LogP contribution is 2.21. The third-order valence-electron chi connectivity index (χ3n) is 3.78. The standard InChI is InChI=1S/C18H13FN4O/c19-13-7-2-1-6-12(13)18(24)22-21-17-16-10-5-11-23(16)15-9-4-3-8-14(15)20-17/h1-11H,(H,20,21)(H,22,24). The first-order valence-electron chi connectivity index (χ1n) is 7.41. The highest BCUT2D eigenvalue weighted by molar-refractivity contribution is 5.95. The smallest absolute Gasteiger partial charge is 0.272 e. The molecular weight excluding hydrogens is 307 g/mol. The van der Waals surface area contributed by atoms with Crippen LogP contribution in [-0.4, -0.2) is 15.3 Å². The minimum Gasteiger partial charge on any atom is -0.312 e. The van der Waals surface area contributed by atoms with E-state index in [4.69, 9.17) is 0 Å². The molecule has 0 fully saturated rings. The molecule has 2 aromatic carbocycles. The van der Waals surface area contributed by atoms with E-state index in [1.165, 1.54) is 18.2 Å². The van der Waals surface area contributed by atoms with Crippen molar-refractivity contribution in [3.8, 4) is 0 Å². The van der Waals surface area contributed by atoms with Gasteiger partial charge < -0.3 is 4.40 Å². The van der Waals surface area contributed by atoms with Crippen molar-refractivity contribution < 1.29 is 9.18 Å². The van der Waals surface area contributed by atoms with Gasteiger partial charge in [-0.25, -0.2) is 9.37 Å². The predicted molar refractivity (Wildman–Crippen MR) is 90.2 cm³/mol. The zero-order valence-corrected chi connectivity index (χ0v) is 12.5. The van der Waals surface area contributed by atoms with Crippen LogP contribution in [0.15, 0.2) is 66.9 Å². The summed E-state index contributed by atoms with van der Waals surface area (Å²) in [6, 6.07) is 17.3. The Balaban J connectivity index is 1.68. The number of para-hydroxylation sites is 2. The molecule has 0 aliphatic heterocycles. The quantitative estimate of drug-likeness (QED) is 0.569. The Kier molecular flexibility index (Phi) is 3.35. The maximum absolute atomic E-state index is 13.7. The summed E-state index contributed by atoms with van der Waals surface area (Å²) in [7, 11) is 0. The number of hydrazine groups is 1. The number of benzene rings is 2. The van der Waals surface area contributed by atoms with Crippen molar-refractivity contribution in [3.63, 3.8) is 0 Å². The maximum Gasteiger partial charge on any atom is 0.272 e. The Labute approximate surface area is 136 Å². The SMILES string of the molecule is O=C(NNc1nc2ccccc2n2cccc12)c1ccccc1F. The molecule has 6 heteroatoms. The molecule has 0 bridgehead atoms. The van der Waals surface area contributed by atoms with Crippen molar-refractivity contribution in [2.45, 2.75) is 0 Å². The van der Waals surface area contributed by atoms with Gasteiger partial charge in [0.1, 0.15) is 5.82 Å². The molecule has 0 saturated heterocycles. The van der Waals surface area contributed by atoms with Crippen LogP contribution in [0.25, 0.3) is 16.6 Å². The second-order valence-corrected chi connectivity index (χ2v) is 5.27. The number of anilines is 1. The lowest BCUT2D eigenvalue weighted by Gasteiger charge is -2.11. The molecule has 4 rings (SSSR count). The average molecular weight is 320 g/mol. The maximum atomic E-state index is 13.7. The van der Waals surface area contributed by atoms with Gasteiger partial charge in [0.05, 0.1) is 22.1 Å². The van der Waals surface area contributed by atoms with Crippen LogP contribution in [0.5, 0.6) is 0 Å². The first kappa shape index (κ1) is 14.2. The van der Waals surface area contributed by atoms with E-state index < -0.39 is 11.7 Å². The number of hydrogen-bond donors (Lipinski definition) is 2. The number of fused-ring (bicyclic) bond motifs is 3. The fourth-order valence-electron chi connectivity index (χ4n) is 2.64. The second kappa shape index (κ2) is 5.66. The molecule has 0 aliphatic rings. The van der Waals surface area contributed by atoms with Crippen LogP contribution in [0.1, 0.15) is 10.4 Å². The predicted octanol–water partition coefficient (Wildman–Crippen LogP) is 3.38. The van der Waals surface area contributed by atoms with E-state index in [0.717, 1.165) is 16.6 Å². The topological polar surface area (TPSA) is 58.4 Å². The van der Waals surface area contributed by atoms with E-state index in [2.05, 4.69) is 15.8 Å². The third-order valence-corrected chi connectivity index (χ3v) is 3.78. The average Bonchev–Trinajstić information content (AvgIpc) is 3.10. The van der Waals surface area contributed by atoms with E-state index in [1.54, 1.807) is 6.07 Å². The molecule has 0 radical (unpaired) electrons. The third kappa shape index (κ3) is 2.34. The molecule has 118 valence electrons. The van der Waals surface area contributed by atoms with Crippen molar-refractivity contribution >= 4 is 28.3 Å². The number of carbonyl (C=O) groups excluding carboxylic acids is 1. The summed E-state index contributed by atoms with van der Waals surface area (Å²) >= 11 is 0. The van der Waals surface area contributed by atoms with Crippen LogP contribution in [0.4, 0.5) is 10.2 Å². The van der Waals surface area contributed by atoms with Gasteiger partial charge in [0.2, 0.25) is 0 Å². The number of rotatable bonds is 3. The molecule has 0 saturated carbocycles. The highest BCUT2D eigenvalue weighted by Gasteiger charge is 2.12. The van der Waals surface area contributed by atoms with Crippen molar-refractivity contribution in [1.29, 1.82) is 0 Å². The van der Waals surface area contributed by atoms with E-state index >= 15 is 0 Å². The molecule has 24 heavy (non-hydrogen) atoms. The summed E-state index contributed by atoms with van der Waals surface area (Å²) in [5, 5.41) is 0. The van der Waals surface area contributed by atoms with Gasteiger partial charge >= 0.3 is 0 Å². The number of amides is 1. The van der Waals surface area contributed by atoms with Gasteiger partial charge in [-0.05, 0) is 36.4 Å². The van der Waals surface area contributed by atoms with Crippen LogP contribution in [-0.2, 0) is 0 Å². The highest BCUT2D eigenvalue weighted by atomic mass is 19.1. The van der Waals surface area contributed by atoms with E-state index in [1.807, 2.05) is 47.0 Å². The van der Waals surface area contributed by atoms with Crippen LogP contribution >= 0.6 is 0 Å². The Morgan fingerprint density at radius 1 is 0.958 bits per heavy atom. The van der Waals surface area contributed by atoms with Crippen LogP contribution in [0.2, 0.25) is 0 Å². The van der Waals surface area contributed by atoms with Crippen LogP contribution < -0.4 is 10.9 Å². The molecular formula is C18H13FN4O. The lowest BCUT2D eigenvalue weighted by Crippen LogP contribution is -2.30. The second-order valence-electron chi connectivity index (χ2n) is 5.27. The van der Waals surface area contributed by atoms with Crippen LogP contribution in [0, 0.1) is 5.82 Å². The minimum absolute atomic E-state index is 0.0304. The molecule has 4 aromatic rings. The zero-order chi connectivity index (χ0) is 16.5. The molecule has 0 aliphatic carbocycles. The summed E-state index contributed by atoms with van der Waals surface area (Å²) in [6.45, 7) is 0. The summed E-state index contributed by atoms with van der Waals surface area (Å²) in [6.07, 6.45) is 1.92. The molecule has 0 spiro atoms. The van der Waals surface area contributed by atoms with Crippen molar-refractivity contribution in [2.24, 2.45) is 0 Å². The summed E-state index contributed by atoms with van der Waals surface area (Å²) in [5.41, 5.74) is 7.81. The molecule has 0 unspecified atom stereocenters. The largest absolute Gasteiger partial charge is 0.312 e. The van der Waals surface area contributed by atoms with E-state index in [0.29, 0.717) is 5.82 Å². The first-order valence-corrected chi connectivity index (χ1v) is 7.41. The monoisotopic (exact) mass is 320 g/mol. The lowest BCUT2D eigenvalue weighted by atomic mass is 10.2. The number of nitrogens with one attached hydrogen (secondary N) is 2. The zero-order valence-electron chi connectivity index (χ0n) is 12.5. The summed E-state index contributed by atoms with van der Waals surface area (Å²) < 4.78 is 15.6. The van der Waals surface area contributed by atoms with Crippen LogP contribution in [0.3, 0.4) is 0 Å². The van der Waals surface area contributed by atoms with Gasteiger partial charge in [0, 0.05) is 6.20 Å². The van der Waals surface area contributed by atoms with Gasteiger partial charge in [-0.15, -0.1) is 0 Å². The van der Waals surface area contributed by atoms with E-state index in [-0.39, 0.29) is 5.56 Å². The number of carbonyl (C=O) groups is 1. The Morgan fingerprint density at radius 2 is 1.71 bits per heavy atom. The molecule has 1 amide bonds.